The van der Waals surface area contributed by atoms with Crippen LogP contribution >= 0.6 is 11.3 Å². The largest absolute Gasteiger partial charge is 0.396 e. The molecular formula is C12H15N3O2S2. The lowest BCUT2D eigenvalue weighted by Crippen LogP contribution is -2.16. The Labute approximate surface area is 116 Å². The second-order valence-electron chi connectivity index (χ2n) is 4.19. The maximum Gasteiger partial charge on any atom is 0.240 e. The van der Waals surface area contributed by atoms with E-state index in [0.29, 0.717) is 5.69 Å². The van der Waals surface area contributed by atoms with Crippen molar-refractivity contribution >= 4 is 32.7 Å². The van der Waals surface area contributed by atoms with Crippen molar-refractivity contribution in [2.45, 2.75) is 17.9 Å². The summed E-state index contributed by atoms with van der Waals surface area (Å²) in [6, 6.07) is 6.77. The fraction of sp³-hybridized carbons (Fsp3) is 0.167. The van der Waals surface area contributed by atoms with E-state index in [1.807, 2.05) is 23.8 Å². The van der Waals surface area contributed by atoms with Gasteiger partial charge in [0.25, 0.3) is 0 Å². The predicted molar refractivity (Wildman–Crippen MR) is 78.6 cm³/mol. The van der Waals surface area contributed by atoms with E-state index in [2.05, 4.69) is 5.32 Å². The van der Waals surface area contributed by atoms with Crippen LogP contribution in [0.1, 0.15) is 18.5 Å². The molecule has 0 bridgehead atoms. The van der Waals surface area contributed by atoms with Gasteiger partial charge in [-0.3, -0.25) is 0 Å². The van der Waals surface area contributed by atoms with Gasteiger partial charge in [-0.2, -0.15) is 11.3 Å². The summed E-state index contributed by atoms with van der Waals surface area (Å²) in [7, 11) is -3.81. The Kier molecular flexibility index (Phi) is 3.79. The molecule has 0 aliphatic rings. The summed E-state index contributed by atoms with van der Waals surface area (Å²) in [4.78, 5) is -0.0602. The lowest BCUT2D eigenvalue weighted by molar-refractivity contribution is 0.598. The minimum absolute atomic E-state index is 0.0317. The molecule has 1 unspecified atom stereocenters. The van der Waals surface area contributed by atoms with Crippen LogP contribution in [0.25, 0.3) is 0 Å². The number of rotatable bonds is 4. The fourth-order valence-electron chi connectivity index (χ4n) is 1.76. The number of hydrogen-bond acceptors (Lipinski definition) is 5. The standard InChI is InChI=1S/C12H15N3O2S2/c1-8(9-5-6-18-7-9)15-10-3-2-4-11(12(10)13)19(14,16)17/h2-8,15H,13H2,1H3,(H2,14,16,17). The maximum absolute atomic E-state index is 11.4. The highest BCUT2D eigenvalue weighted by Crippen LogP contribution is 2.29. The molecule has 2 aromatic rings. The molecule has 1 aromatic heterocycles. The number of thiophene rings is 1. The Morgan fingerprint density at radius 1 is 1.32 bits per heavy atom. The van der Waals surface area contributed by atoms with Crippen molar-refractivity contribution in [1.29, 1.82) is 0 Å². The SMILES string of the molecule is CC(Nc1cccc(S(N)(=O)=O)c1N)c1ccsc1. The smallest absolute Gasteiger partial charge is 0.240 e. The van der Waals surface area contributed by atoms with Gasteiger partial charge in [0.15, 0.2) is 0 Å². The normalized spacial score (nSPS) is 13.2. The molecule has 0 radical (unpaired) electrons. The highest BCUT2D eigenvalue weighted by Gasteiger charge is 2.16. The van der Waals surface area contributed by atoms with Gasteiger partial charge >= 0.3 is 0 Å². The second-order valence-corrected chi connectivity index (χ2v) is 6.49. The van der Waals surface area contributed by atoms with E-state index in [-0.39, 0.29) is 16.6 Å². The van der Waals surface area contributed by atoms with Crippen LogP contribution in [0.15, 0.2) is 39.9 Å². The van der Waals surface area contributed by atoms with Crippen LogP contribution in [0.3, 0.4) is 0 Å². The molecular weight excluding hydrogens is 282 g/mol. The van der Waals surface area contributed by atoms with Crippen molar-refractivity contribution in [3.05, 3.63) is 40.6 Å². The average Bonchev–Trinajstić information content (AvgIpc) is 2.83. The van der Waals surface area contributed by atoms with Gasteiger partial charge in [0.1, 0.15) is 4.90 Å². The van der Waals surface area contributed by atoms with E-state index in [1.54, 1.807) is 23.5 Å². The number of nitrogens with two attached hydrogens (primary N) is 2. The highest BCUT2D eigenvalue weighted by atomic mass is 32.2. The molecule has 2 rings (SSSR count). The number of primary sulfonamides is 1. The van der Waals surface area contributed by atoms with Crippen LogP contribution in [0, 0.1) is 0 Å². The van der Waals surface area contributed by atoms with E-state index in [9.17, 15) is 8.42 Å². The molecule has 0 saturated heterocycles. The zero-order valence-corrected chi connectivity index (χ0v) is 12.0. The first-order valence-electron chi connectivity index (χ1n) is 5.59. The number of anilines is 2. The number of benzene rings is 1. The van der Waals surface area contributed by atoms with E-state index in [1.165, 1.54) is 6.07 Å². The molecule has 1 atom stereocenters. The molecule has 102 valence electrons. The first-order chi connectivity index (χ1) is 8.89. The van der Waals surface area contributed by atoms with Crippen LogP contribution in [0.5, 0.6) is 0 Å². The number of nitrogens with one attached hydrogen (secondary N) is 1. The monoisotopic (exact) mass is 297 g/mol. The van der Waals surface area contributed by atoms with E-state index in [4.69, 9.17) is 10.9 Å². The maximum atomic E-state index is 11.4. The van der Waals surface area contributed by atoms with Gasteiger partial charge in [-0.1, -0.05) is 6.07 Å². The zero-order valence-electron chi connectivity index (χ0n) is 10.3. The summed E-state index contributed by atoms with van der Waals surface area (Å²) in [6.07, 6.45) is 0. The quantitative estimate of drug-likeness (QED) is 0.753. The molecule has 5 N–H and O–H groups in total. The van der Waals surface area contributed by atoms with E-state index >= 15 is 0 Å². The van der Waals surface area contributed by atoms with Crippen LogP contribution in [0.4, 0.5) is 11.4 Å². The lowest BCUT2D eigenvalue weighted by atomic mass is 10.1. The Bertz CT molecular complexity index is 666. The third-order valence-electron chi connectivity index (χ3n) is 2.79. The first-order valence-corrected chi connectivity index (χ1v) is 8.08. The molecule has 1 heterocycles. The third kappa shape index (κ3) is 3.06. The van der Waals surface area contributed by atoms with E-state index < -0.39 is 10.0 Å². The van der Waals surface area contributed by atoms with Crippen LogP contribution < -0.4 is 16.2 Å². The molecule has 0 spiro atoms. The summed E-state index contributed by atoms with van der Waals surface area (Å²) in [5.74, 6) is 0. The molecule has 0 fully saturated rings. The molecule has 0 aliphatic carbocycles. The van der Waals surface area contributed by atoms with Crippen LogP contribution in [0.2, 0.25) is 0 Å². The Hall–Kier alpha value is -1.57. The van der Waals surface area contributed by atoms with Crippen molar-refractivity contribution in [3.8, 4) is 0 Å². The highest BCUT2D eigenvalue weighted by molar-refractivity contribution is 7.89. The van der Waals surface area contributed by atoms with Gasteiger partial charge in [0.2, 0.25) is 10.0 Å². The van der Waals surface area contributed by atoms with Gasteiger partial charge in [-0.25, -0.2) is 13.6 Å². The third-order valence-corrected chi connectivity index (χ3v) is 4.46. The first kappa shape index (κ1) is 13.9. The number of para-hydroxylation sites is 1. The number of sulfonamides is 1. The van der Waals surface area contributed by atoms with Gasteiger partial charge in [0, 0.05) is 6.04 Å². The summed E-state index contributed by atoms with van der Waals surface area (Å²) >= 11 is 1.60. The summed E-state index contributed by atoms with van der Waals surface area (Å²) in [5.41, 5.74) is 7.67. The fourth-order valence-corrected chi connectivity index (χ4v) is 3.19. The van der Waals surface area contributed by atoms with Gasteiger partial charge in [-0.05, 0) is 41.4 Å². The van der Waals surface area contributed by atoms with Crippen molar-refractivity contribution in [2.24, 2.45) is 5.14 Å². The Morgan fingerprint density at radius 2 is 2.05 bits per heavy atom. The van der Waals surface area contributed by atoms with Gasteiger partial charge in [0.05, 0.1) is 11.4 Å². The minimum atomic E-state index is -3.81. The molecule has 0 amide bonds. The van der Waals surface area contributed by atoms with Crippen molar-refractivity contribution in [2.75, 3.05) is 11.1 Å². The zero-order chi connectivity index (χ0) is 14.0. The molecule has 1 aromatic carbocycles. The Morgan fingerprint density at radius 3 is 2.63 bits per heavy atom. The molecule has 5 nitrogen and oxygen atoms in total. The topological polar surface area (TPSA) is 98.2 Å². The van der Waals surface area contributed by atoms with Gasteiger partial charge in [-0.15, -0.1) is 0 Å². The lowest BCUT2D eigenvalue weighted by Gasteiger charge is -2.17. The summed E-state index contributed by atoms with van der Waals surface area (Å²) < 4.78 is 22.8. The van der Waals surface area contributed by atoms with Crippen molar-refractivity contribution in [3.63, 3.8) is 0 Å². The van der Waals surface area contributed by atoms with E-state index in [0.717, 1.165) is 5.56 Å². The average molecular weight is 297 g/mol. The van der Waals surface area contributed by atoms with Crippen LogP contribution in [-0.4, -0.2) is 8.42 Å². The second kappa shape index (κ2) is 5.20. The summed E-state index contributed by atoms with van der Waals surface area (Å²) in [5, 5.41) is 12.3. The number of nitrogen functional groups attached to an aromatic ring is 1. The van der Waals surface area contributed by atoms with Crippen LogP contribution in [-0.2, 0) is 10.0 Å². The molecule has 19 heavy (non-hydrogen) atoms. The van der Waals surface area contributed by atoms with Crippen molar-refractivity contribution < 1.29 is 8.42 Å². The van der Waals surface area contributed by atoms with Gasteiger partial charge < -0.3 is 11.1 Å². The Balaban J connectivity index is 2.32. The minimum Gasteiger partial charge on any atom is -0.396 e. The predicted octanol–water partition coefficient (Wildman–Crippen LogP) is 2.15. The molecule has 7 heteroatoms. The summed E-state index contributed by atoms with van der Waals surface area (Å²) in [6.45, 7) is 1.98. The molecule has 0 aliphatic heterocycles. The molecule has 0 saturated carbocycles. The van der Waals surface area contributed by atoms with Crippen molar-refractivity contribution in [1.82, 2.24) is 0 Å². The number of hydrogen-bond donors (Lipinski definition) is 3.